The van der Waals surface area contributed by atoms with E-state index < -0.39 is 0 Å². The number of hydrogen-bond donors (Lipinski definition) is 2. The van der Waals surface area contributed by atoms with Crippen molar-refractivity contribution in [1.82, 2.24) is 30.0 Å². The highest BCUT2D eigenvalue weighted by atomic mass is 16.2. The molecule has 2 N–H and O–H groups in total. The summed E-state index contributed by atoms with van der Waals surface area (Å²) in [7, 11) is 1.86. The number of nitrogens with one attached hydrogen (secondary N) is 2. The number of nitrogens with zero attached hydrogens (tertiary/aromatic N) is 4. The van der Waals surface area contributed by atoms with Crippen molar-refractivity contribution in [1.29, 1.82) is 0 Å². The zero-order chi connectivity index (χ0) is 18.0. The van der Waals surface area contributed by atoms with Crippen LogP contribution in [0.2, 0.25) is 0 Å². The fourth-order valence-electron chi connectivity index (χ4n) is 2.62. The van der Waals surface area contributed by atoms with Gasteiger partial charge in [-0.05, 0) is 32.0 Å². The Kier molecular flexibility index (Phi) is 4.51. The van der Waals surface area contributed by atoms with E-state index in [-0.39, 0.29) is 24.1 Å². The molecule has 0 aliphatic heterocycles. The molecule has 3 heterocycles. The summed E-state index contributed by atoms with van der Waals surface area (Å²) >= 11 is 0. The number of carbonyl (C=O) groups is 2. The van der Waals surface area contributed by atoms with Gasteiger partial charge in [-0.3, -0.25) is 14.3 Å². The van der Waals surface area contributed by atoms with Crippen LogP contribution in [0, 0.1) is 13.8 Å². The number of rotatable bonds is 5. The molecule has 0 radical (unpaired) electrons. The summed E-state index contributed by atoms with van der Waals surface area (Å²) in [6.45, 7) is 4.13. The molecule has 0 bridgehead atoms. The first-order valence-corrected chi connectivity index (χ1v) is 7.94. The Balaban J connectivity index is 1.54. The molecule has 3 aromatic rings. The molecule has 0 aliphatic rings. The third kappa shape index (κ3) is 3.52. The average molecular weight is 340 g/mol. The van der Waals surface area contributed by atoms with Gasteiger partial charge in [0.25, 0.3) is 5.91 Å². The standard InChI is InChI=1S/C17H20N6O2/c1-11-14(12(2)22(3)20-11)9-18-16(24)10-19-17(25)15-8-13-6-4-5-7-23(13)21-15/h4-8H,9-10H2,1-3H3,(H,18,24)(H,19,25). The van der Waals surface area contributed by atoms with Gasteiger partial charge in [-0.2, -0.15) is 10.2 Å². The van der Waals surface area contributed by atoms with Crippen LogP contribution in [-0.4, -0.2) is 37.8 Å². The molecule has 25 heavy (non-hydrogen) atoms. The van der Waals surface area contributed by atoms with Crippen LogP contribution < -0.4 is 10.6 Å². The highest BCUT2D eigenvalue weighted by Gasteiger charge is 2.13. The van der Waals surface area contributed by atoms with Gasteiger partial charge in [0, 0.05) is 31.0 Å². The Hall–Kier alpha value is -3.16. The number of pyridine rings is 1. The molecule has 130 valence electrons. The van der Waals surface area contributed by atoms with E-state index in [1.54, 1.807) is 21.5 Å². The Bertz CT molecular complexity index is 907. The second kappa shape index (κ2) is 6.76. The van der Waals surface area contributed by atoms with Gasteiger partial charge in [0.15, 0.2) is 5.69 Å². The second-order valence-corrected chi connectivity index (χ2v) is 5.83. The SMILES string of the molecule is Cc1nn(C)c(C)c1CNC(=O)CNC(=O)c1cc2ccccn2n1. The van der Waals surface area contributed by atoms with Crippen LogP contribution in [0.5, 0.6) is 0 Å². The summed E-state index contributed by atoms with van der Waals surface area (Å²) in [4.78, 5) is 24.1. The van der Waals surface area contributed by atoms with E-state index in [1.807, 2.05) is 39.1 Å². The summed E-state index contributed by atoms with van der Waals surface area (Å²) in [5.41, 5.74) is 3.97. The van der Waals surface area contributed by atoms with Crippen LogP contribution in [0.15, 0.2) is 30.5 Å². The van der Waals surface area contributed by atoms with Crippen molar-refractivity contribution < 1.29 is 9.59 Å². The maximum absolute atomic E-state index is 12.1. The van der Waals surface area contributed by atoms with Crippen LogP contribution in [0.4, 0.5) is 0 Å². The molecule has 3 aromatic heterocycles. The van der Waals surface area contributed by atoms with E-state index in [2.05, 4.69) is 20.8 Å². The largest absolute Gasteiger partial charge is 0.350 e. The lowest BCUT2D eigenvalue weighted by molar-refractivity contribution is -0.120. The van der Waals surface area contributed by atoms with Gasteiger partial charge in [-0.1, -0.05) is 6.07 Å². The fourth-order valence-corrected chi connectivity index (χ4v) is 2.62. The monoisotopic (exact) mass is 340 g/mol. The minimum atomic E-state index is -0.382. The zero-order valence-electron chi connectivity index (χ0n) is 14.4. The lowest BCUT2D eigenvalue weighted by atomic mass is 10.2. The summed E-state index contributed by atoms with van der Waals surface area (Å²) in [6, 6.07) is 7.23. The van der Waals surface area contributed by atoms with E-state index in [4.69, 9.17) is 0 Å². The molecule has 0 saturated carbocycles. The Labute approximate surface area is 144 Å². The molecule has 3 rings (SSSR count). The van der Waals surface area contributed by atoms with Crippen molar-refractivity contribution in [3.63, 3.8) is 0 Å². The zero-order valence-corrected chi connectivity index (χ0v) is 14.4. The van der Waals surface area contributed by atoms with Gasteiger partial charge in [0.2, 0.25) is 5.91 Å². The lowest BCUT2D eigenvalue weighted by Gasteiger charge is -2.06. The fraction of sp³-hybridized carbons (Fsp3) is 0.294. The average Bonchev–Trinajstić information content (AvgIpc) is 3.12. The van der Waals surface area contributed by atoms with Crippen molar-refractivity contribution in [3.05, 3.63) is 53.1 Å². The number of hydrogen-bond acceptors (Lipinski definition) is 4. The maximum atomic E-state index is 12.1. The molecule has 0 spiro atoms. The lowest BCUT2D eigenvalue weighted by Crippen LogP contribution is -2.36. The molecule has 8 nitrogen and oxygen atoms in total. The maximum Gasteiger partial charge on any atom is 0.272 e. The number of fused-ring (bicyclic) bond motifs is 1. The molecule has 2 amide bonds. The predicted octanol–water partition coefficient (Wildman–Crippen LogP) is 0.731. The molecule has 0 saturated heterocycles. The number of carbonyl (C=O) groups excluding carboxylic acids is 2. The third-order valence-corrected chi connectivity index (χ3v) is 4.13. The van der Waals surface area contributed by atoms with E-state index in [9.17, 15) is 9.59 Å². The van der Waals surface area contributed by atoms with Crippen molar-refractivity contribution in [2.75, 3.05) is 6.54 Å². The smallest absolute Gasteiger partial charge is 0.272 e. The third-order valence-electron chi connectivity index (χ3n) is 4.13. The molecule has 0 unspecified atom stereocenters. The topological polar surface area (TPSA) is 93.3 Å². The highest BCUT2D eigenvalue weighted by molar-refractivity contribution is 5.95. The van der Waals surface area contributed by atoms with Crippen LogP contribution >= 0.6 is 0 Å². The van der Waals surface area contributed by atoms with Gasteiger partial charge in [-0.25, -0.2) is 4.52 Å². The molecule has 0 fully saturated rings. The molecular weight excluding hydrogens is 320 g/mol. The quantitative estimate of drug-likeness (QED) is 0.716. The van der Waals surface area contributed by atoms with Crippen LogP contribution in [-0.2, 0) is 18.4 Å². The van der Waals surface area contributed by atoms with Crippen molar-refractivity contribution in [2.45, 2.75) is 20.4 Å². The van der Waals surface area contributed by atoms with Crippen LogP contribution in [0.1, 0.15) is 27.4 Å². The van der Waals surface area contributed by atoms with Crippen molar-refractivity contribution >= 4 is 17.3 Å². The van der Waals surface area contributed by atoms with Crippen LogP contribution in [0.3, 0.4) is 0 Å². The number of amides is 2. The normalized spacial score (nSPS) is 10.8. The Morgan fingerprint density at radius 2 is 1.96 bits per heavy atom. The molecule has 8 heteroatoms. The highest BCUT2D eigenvalue weighted by Crippen LogP contribution is 2.11. The summed E-state index contributed by atoms with van der Waals surface area (Å²) in [5.74, 6) is -0.646. The predicted molar refractivity (Wildman–Crippen MR) is 92.1 cm³/mol. The van der Waals surface area contributed by atoms with E-state index in [0.717, 1.165) is 22.5 Å². The van der Waals surface area contributed by atoms with Gasteiger partial charge in [0.05, 0.1) is 17.8 Å². The summed E-state index contributed by atoms with van der Waals surface area (Å²) < 4.78 is 3.39. The van der Waals surface area contributed by atoms with Crippen molar-refractivity contribution in [3.8, 4) is 0 Å². The molecule has 0 aromatic carbocycles. The van der Waals surface area contributed by atoms with Crippen molar-refractivity contribution in [2.24, 2.45) is 7.05 Å². The minimum Gasteiger partial charge on any atom is -0.350 e. The van der Waals surface area contributed by atoms with Gasteiger partial charge in [0.1, 0.15) is 0 Å². The van der Waals surface area contributed by atoms with Gasteiger partial charge >= 0.3 is 0 Å². The van der Waals surface area contributed by atoms with Crippen LogP contribution in [0.25, 0.3) is 5.52 Å². The number of aryl methyl sites for hydroxylation is 2. The van der Waals surface area contributed by atoms with Gasteiger partial charge in [-0.15, -0.1) is 0 Å². The second-order valence-electron chi connectivity index (χ2n) is 5.83. The Morgan fingerprint density at radius 3 is 2.64 bits per heavy atom. The molecule has 0 atom stereocenters. The first kappa shape index (κ1) is 16.7. The van der Waals surface area contributed by atoms with E-state index in [0.29, 0.717) is 6.54 Å². The molecule has 0 aliphatic carbocycles. The van der Waals surface area contributed by atoms with Gasteiger partial charge < -0.3 is 10.6 Å². The Morgan fingerprint density at radius 1 is 1.16 bits per heavy atom. The first-order valence-electron chi connectivity index (χ1n) is 7.94. The molecular formula is C17H20N6O2. The first-order chi connectivity index (χ1) is 12.0. The van der Waals surface area contributed by atoms with E-state index >= 15 is 0 Å². The minimum absolute atomic E-state index is 0.106. The number of aromatic nitrogens is 4. The summed E-state index contributed by atoms with van der Waals surface area (Å²) in [6.07, 6.45) is 1.76. The van der Waals surface area contributed by atoms with E-state index in [1.165, 1.54) is 0 Å². The summed E-state index contributed by atoms with van der Waals surface area (Å²) in [5, 5.41) is 13.9.